The van der Waals surface area contributed by atoms with E-state index in [-0.39, 0.29) is 12.0 Å². The molecule has 0 amide bonds. The van der Waals surface area contributed by atoms with E-state index < -0.39 is 5.92 Å². The molecule has 86 valence electrons. The summed E-state index contributed by atoms with van der Waals surface area (Å²) in [7, 11) is 0. The Hall–Kier alpha value is -1.34. The highest BCUT2D eigenvalue weighted by Crippen LogP contribution is 2.17. The van der Waals surface area contributed by atoms with Crippen LogP contribution in [0.25, 0.3) is 0 Å². The van der Waals surface area contributed by atoms with E-state index >= 15 is 0 Å². The minimum absolute atomic E-state index is 0.0405. The van der Waals surface area contributed by atoms with Crippen LogP contribution in [-0.2, 0) is 0 Å². The third-order valence-corrected chi connectivity index (χ3v) is 2.13. The Balaban J connectivity index is 3.03. The van der Waals surface area contributed by atoms with Crippen LogP contribution in [0.15, 0.2) is 6.07 Å². The highest BCUT2D eigenvalue weighted by Gasteiger charge is 2.14. The summed E-state index contributed by atoms with van der Waals surface area (Å²) in [6.07, 6.45) is 0.0405. The van der Waals surface area contributed by atoms with Gasteiger partial charge in [-0.15, -0.1) is 11.6 Å². The third kappa shape index (κ3) is 3.35. The van der Waals surface area contributed by atoms with Crippen molar-refractivity contribution in [3.05, 3.63) is 17.6 Å². The first kappa shape index (κ1) is 12.7. The fourth-order valence-corrected chi connectivity index (χ4v) is 1.39. The number of nitrogens with zero attached hydrogens (tertiary/aromatic N) is 3. The van der Waals surface area contributed by atoms with Gasteiger partial charge in [-0.2, -0.15) is 10.2 Å². The van der Waals surface area contributed by atoms with Crippen molar-refractivity contribution >= 4 is 11.6 Å². The van der Waals surface area contributed by atoms with Gasteiger partial charge in [0.05, 0.1) is 12.2 Å². The monoisotopic (exact) mass is 239 g/mol. The molecular formula is C11H14ClN3O. The first-order valence-electron chi connectivity index (χ1n) is 5.04. The number of nitriles is 1. The van der Waals surface area contributed by atoms with Crippen LogP contribution in [0.2, 0.25) is 0 Å². The van der Waals surface area contributed by atoms with Gasteiger partial charge in [0.25, 0.3) is 0 Å². The van der Waals surface area contributed by atoms with Gasteiger partial charge in [-0.3, -0.25) is 0 Å². The number of hydrogen-bond acceptors (Lipinski definition) is 4. The van der Waals surface area contributed by atoms with Gasteiger partial charge in [0.1, 0.15) is 5.92 Å². The van der Waals surface area contributed by atoms with Gasteiger partial charge in [0, 0.05) is 17.6 Å². The number of rotatable bonds is 4. The molecular weight excluding hydrogens is 226 g/mol. The van der Waals surface area contributed by atoms with Crippen LogP contribution in [-0.4, -0.2) is 22.0 Å². The average molecular weight is 240 g/mol. The molecule has 1 atom stereocenters. The van der Waals surface area contributed by atoms with Gasteiger partial charge in [-0.05, 0) is 20.8 Å². The minimum atomic E-state index is -0.490. The van der Waals surface area contributed by atoms with Gasteiger partial charge in [-0.1, -0.05) is 0 Å². The van der Waals surface area contributed by atoms with Crippen molar-refractivity contribution in [1.82, 2.24) is 9.97 Å². The second kappa shape index (κ2) is 5.66. The molecule has 0 saturated carbocycles. The highest BCUT2D eigenvalue weighted by atomic mass is 35.5. The Morgan fingerprint density at radius 3 is 2.69 bits per heavy atom. The largest absolute Gasteiger partial charge is 0.475 e. The molecule has 0 saturated heterocycles. The number of halogens is 1. The molecule has 0 fully saturated rings. The van der Waals surface area contributed by atoms with Crippen molar-refractivity contribution in [2.45, 2.75) is 32.8 Å². The van der Waals surface area contributed by atoms with Crippen LogP contribution in [0.5, 0.6) is 5.88 Å². The van der Waals surface area contributed by atoms with E-state index in [4.69, 9.17) is 21.6 Å². The molecule has 1 aromatic heterocycles. The summed E-state index contributed by atoms with van der Waals surface area (Å²) < 4.78 is 5.47. The first-order valence-corrected chi connectivity index (χ1v) is 5.58. The van der Waals surface area contributed by atoms with E-state index in [0.29, 0.717) is 11.7 Å². The van der Waals surface area contributed by atoms with Crippen molar-refractivity contribution in [2.75, 3.05) is 5.88 Å². The normalized spacial score (nSPS) is 12.2. The number of ether oxygens (including phenoxy) is 1. The predicted molar refractivity (Wildman–Crippen MR) is 61.6 cm³/mol. The molecule has 1 heterocycles. The van der Waals surface area contributed by atoms with E-state index in [0.717, 1.165) is 5.69 Å². The number of aromatic nitrogens is 2. The van der Waals surface area contributed by atoms with Crippen LogP contribution >= 0.6 is 11.6 Å². The molecule has 5 heteroatoms. The van der Waals surface area contributed by atoms with Gasteiger partial charge in [0.2, 0.25) is 5.88 Å². The molecule has 0 aliphatic rings. The van der Waals surface area contributed by atoms with E-state index in [9.17, 15) is 0 Å². The SMILES string of the molecule is Cc1cc(OC(C)C)nc(C(C#N)CCl)n1. The molecule has 0 N–H and O–H groups in total. The average Bonchev–Trinajstić information content (AvgIpc) is 2.17. The van der Waals surface area contributed by atoms with Crippen LogP contribution in [0.3, 0.4) is 0 Å². The van der Waals surface area contributed by atoms with Crippen LogP contribution in [0.1, 0.15) is 31.3 Å². The minimum Gasteiger partial charge on any atom is -0.475 e. The molecule has 0 bridgehead atoms. The molecule has 0 spiro atoms. The van der Waals surface area contributed by atoms with Gasteiger partial charge in [0.15, 0.2) is 5.82 Å². The zero-order valence-electron chi connectivity index (χ0n) is 9.57. The highest BCUT2D eigenvalue weighted by molar-refractivity contribution is 6.18. The summed E-state index contributed by atoms with van der Waals surface area (Å²) in [6.45, 7) is 5.67. The Morgan fingerprint density at radius 2 is 2.19 bits per heavy atom. The Kier molecular flexibility index (Phi) is 4.51. The Bertz CT molecular complexity index is 401. The third-order valence-electron chi connectivity index (χ3n) is 1.83. The van der Waals surface area contributed by atoms with Crippen molar-refractivity contribution in [3.8, 4) is 11.9 Å². The molecule has 4 nitrogen and oxygen atoms in total. The second-order valence-electron chi connectivity index (χ2n) is 3.71. The number of hydrogen-bond donors (Lipinski definition) is 0. The smallest absolute Gasteiger partial charge is 0.217 e. The van der Waals surface area contributed by atoms with Crippen molar-refractivity contribution in [1.29, 1.82) is 5.26 Å². The lowest BCUT2D eigenvalue weighted by atomic mass is 10.2. The first-order chi connectivity index (χ1) is 7.56. The summed E-state index contributed by atoms with van der Waals surface area (Å²) in [4.78, 5) is 8.36. The van der Waals surface area contributed by atoms with E-state index in [1.54, 1.807) is 6.07 Å². The fourth-order valence-electron chi connectivity index (χ4n) is 1.18. The van der Waals surface area contributed by atoms with Crippen molar-refractivity contribution in [3.63, 3.8) is 0 Å². The van der Waals surface area contributed by atoms with Crippen molar-refractivity contribution in [2.24, 2.45) is 0 Å². The predicted octanol–water partition coefficient (Wildman–Crippen LogP) is 2.42. The lowest BCUT2D eigenvalue weighted by molar-refractivity contribution is 0.231. The zero-order valence-corrected chi connectivity index (χ0v) is 10.3. The van der Waals surface area contributed by atoms with Gasteiger partial charge >= 0.3 is 0 Å². The summed E-state index contributed by atoms with van der Waals surface area (Å²) >= 11 is 5.67. The Morgan fingerprint density at radius 1 is 1.50 bits per heavy atom. The molecule has 0 radical (unpaired) electrons. The summed E-state index contributed by atoms with van der Waals surface area (Å²) in [5.41, 5.74) is 0.769. The fraction of sp³-hybridized carbons (Fsp3) is 0.545. The van der Waals surface area contributed by atoms with Crippen LogP contribution in [0.4, 0.5) is 0 Å². The lowest BCUT2D eigenvalue weighted by Gasteiger charge is -2.11. The van der Waals surface area contributed by atoms with E-state index in [1.807, 2.05) is 20.8 Å². The maximum absolute atomic E-state index is 8.89. The van der Waals surface area contributed by atoms with Crippen LogP contribution in [0, 0.1) is 18.3 Å². The number of alkyl halides is 1. The van der Waals surface area contributed by atoms with Gasteiger partial charge < -0.3 is 4.74 Å². The van der Waals surface area contributed by atoms with Crippen LogP contribution < -0.4 is 4.74 Å². The molecule has 0 aliphatic carbocycles. The lowest BCUT2D eigenvalue weighted by Crippen LogP contribution is -2.11. The molecule has 1 aromatic rings. The molecule has 16 heavy (non-hydrogen) atoms. The topological polar surface area (TPSA) is 58.8 Å². The summed E-state index contributed by atoms with van der Waals surface area (Å²) in [5, 5.41) is 8.89. The quantitative estimate of drug-likeness (QED) is 0.757. The molecule has 0 aromatic carbocycles. The standard InChI is InChI=1S/C11H14ClN3O/c1-7(2)16-10-4-8(3)14-11(15-10)9(5-12)6-13/h4,7,9H,5H2,1-3H3. The Labute approximate surface area is 100 Å². The molecule has 1 unspecified atom stereocenters. The van der Waals surface area contributed by atoms with E-state index in [1.165, 1.54) is 0 Å². The van der Waals surface area contributed by atoms with E-state index in [2.05, 4.69) is 16.0 Å². The second-order valence-corrected chi connectivity index (χ2v) is 4.02. The molecule has 1 rings (SSSR count). The maximum atomic E-state index is 8.89. The summed E-state index contributed by atoms with van der Waals surface area (Å²) in [5.74, 6) is 0.605. The summed E-state index contributed by atoms with van der Waals surface area (Å²) in [6, 6.07) is 3.81. The maximum Gasteiger partial charge on any atom is 0.217 e. The van der Waals surface area contributed by atoms with Crippen molar-refractivity contribution < 1.29 is 4.74 Å². The van der Waals surface area contributed by atoms with Gasteiger partial charge in [-0.25, -0.2) is 4.98 Å². The number of aryl methyl sites for hydroxylation is 1. The zero-order chi connectivity index (χ0) is 12.1. The molecule has 0 aliphatic heterocycles.